The molecule has 2 aromatic carbocycles. The fourth-order valence-corrected chi connectivity index (χ4v) is 5.19. The highest BCUT2D eigenvalue weighted by Gasteiger charge is 2.16. The number of amides is 1. The molecule has 1 amide bonds. The highest BCUT2D eigenvalue weighted by molar-refractivity contribution is 7.97. The van der Waals surface area contributed by atoms with Crippen LogP contribution in [0.25, 0.3) is 21.0 Å². The summed E-state index contributed by atoms with van der Waals surface area (Å²) in [6.07, 6.45) is 1.38. The Morgan fingerprint density at radius 1 is 1.09 bits per heavy atom. The van der Waals surface area contributed by atoms with Gasteiger partial charge < -0.3 is 15.4 Å². The summed E-state index contributed by atoms with van der Waals surface area (Å²) >= 11 is 8.46. The van der Waals surface area contributed by atoms with E-state index in [0.29, 0.717) is 10.8 Å². The maximum absolute atomic E-state index is 11.7. The quantitative estimate of drug-likeness (QED) is 0.198. The molecule has 35 heavy (non-hydrogen) atoms. The second kappa shape index (κ2) is 11.9. The Bertz CT molecular complexity index is 1170. The lowest BCUT2D eigenvalue weighted by Crippen LogP contribution is -2.33. The maximum Gasteiger partial charge on any atom is 0.411 e. The number of methoxy groups -OCH3 is 1. The summed E-state index contributed by atoms with van der Waals surface area (Å²) in [5, 5.41) is 10.6. The van der Waals surface area contributed by atoms with E-state index in [2.05, 4.69) is 46.4 Å². The molecule has 7 nitrogen and oxygen atoms in total. The van der Waals surface area contributed by atoms with Crippen LogP contribution in [0, 0.1) is 0 Å². The smallest absolute Gasteiger partial charge is 0.411 e. The Balaban J connectivity index is 1.83. The van der Waals surface area contributed by atoms with Gasteiger partial charge in [0.25, 0.3) is 0 Å². The molecule has 10 heteroatoms. The van der Waals surface area contributed by atoms with Crippen LogP contribution in [0.4, 0.5) is 16.2 Å². The van der Waals surface area contributed by atoms with Crippen molar-refractivity contribution < 1.29 is 9.53 Å². The average Bonchev–Trinajstić information content (AvgIpc) is 3.27. The van der Waals surface area contributed by atoms with E-state index >= 15 is 0 Å². The number of aromatic nitrogens is 1. The summed E-state index contributed by atoms with van der Waals surface area (Å²) in [7, 11) is 1.35. The molecule has 0 radical (unpaired) electrons. The van der Waals surface area contributed by atoms with Gasteiger partial charge >= 0.3 is 6.09 Å². The second-order valence-electron chi connectivity index (χ2n) is 9.14. The van der Waals surface area contributed by atoms with E-state index in [0.717, 1.165) is 31.6 Å². The van der Waals surface area contributed by atoms with Gasteiger partial charge in [-0.15, -0.1) is 11.3 Å². The summed E-state index contributed by atoms with van der Waals surface area (Å²) in [5.41, 5.74) is 3.56. The van der Waals surface area contributed by atoms with Gasteiger partial charge in [0.15, 0.2) is 5.11 Å². The van der Waals surface area contributed by atoms with Gasteiger partial charge in [-0.25, -0.2) is 9.78 Å². The third kappa shape index (κ3) is 8.21. The lowest BCUT2D eigenvalue weighted by Gasteiger charge is -2.20. The first kappa shape index (κ1) is 26.9. The van der Waals surface area contributed by atoms with Crippen molar-refractivity contribution in [2.45, 2.75) is 51.1 Å². The number of benzene rings is 2. The zero-order chi connectivity index (χ0) is 25.6. The monoisotopic (exact) mass is 529 g/mol. The molecule has 0 fully saturated rings. The topological polar surface area (TPSA) is 87.3 Å². The van der Waals surface area contributed by atoms with E-state index in [1.54, 1.807) is 11.3 Å². The molecule has 1 heterocycles. The van der Waals surface area contributed by atoms with Crippen molar-refractivity contribution in [1.82, 2.24) is 15.0 Å². The van der Waals surface area contributed by atoms with Crippen LogP contribution in [-0.2, 0) is 4.74 Å². The predicted octanol–water partition coefficient (Wildman–Crippen LogP) is 6.75. The van der Waals surface area contributed by atoms with E-state index in [9.17, 15) is 4.79 Å². The normalized spacial score (nSPS) is 11.3. The van der Waals surface area contributed by atoms with Crippen LogP contribution in [0.5, 0.6) is 0 Å². The van der Waals surface area contributed by atoms with Crippen LogP contribution in [-0.4, -0.2) is 34.9 Å². The highest BCUT2D eigenvalue weighted by atomic mass is 32.2. The number of thiazole rings is 1. The molecular formula is C25H31N5O2S3. The van der Waals surface area contributed by atoms with Gasteiger partial charge in [0.05, 0.1) is 12.0 Å². The van der Waals surface area contributed by atoms with Crippen LogP contribution in [0.3, 0.4) is 0 Å². The number of thiocarbonyl (C=S) groups is 1. The van der Waals surface area contributed by atoms with Crippen LogP contribution in [0.2, 0.25) is 0 Å². The number of anilines is 2. The summed E-state index contributed by atoms with van der Waals surface area (Å²) in [6, 6.07) is 14.1. The minimum Gasteiger partial charge on any atom is -0.453 e. The van der Waals surface area contributed by atoms with Gasteiger partial charge in [-0.05, 0) is 95.2 Å². The molecule has 1 aromatic heterocycles. The molecule has 0 saturated carbocycles. The lowest BCUT2D eigenvalue weighted by molar-refractivity contribution is 0.187. The van der Waals surface area contributed by atoms with E-state index in [1.165, 1.54) is 19.1 Å². The fourth-order valence-electron chi connectivity index (χ4n) is 2.92. The van der Waals surface area contributed by atoms with Crippen molar-refractivity contribution in [1.29, 1.82) is 0 Å². The lowest BCUT2D eigenvalue weighted by atomic mass is 10.1. The molecule has 0 bridgehead atoms. The Morgan fingerprint density at radius 2 is 1.77 bits per heavy atom. The first-order valence-electron chi connectivity index (χ1n) is 11.1. The molecule has 0 aliphatic rings. The number of rotatable bonds is 7. The number of hydrogen-bond donors (Lipinski definition) is 4. The van der Waals surface area contributed by atoms with Crippen LogP contribution >= 0.6 is 35.5 Å². The number of nitrogens with zero attached hydrogens (tertiary/aromatic N) is 1. The molecule has 3 rings (SSSR count). The largest absolute Gasteiger partial charge is 0.453 e. The average molecular weight is 530 g/mol. The Kier molecular flexibility index (Phi) is 9.12. The predicted molar refractivity (Wildman–Crippen MR) is 152 cm³/mol. The van der Waals surface area contributed by atoms with Gasteiger partial charge in [0, 0.05) is 45.2 Å². The van der Waals surface area contributed by atoms with Crippen molar-refractivity contribution in [2.24, 2.45) is 0 Å². The van der Waals surface area contributed by atoms with E-state index < -0.39 is 6.09 Å². The maximum atomic E-state index is 11.7. The van der Waals surface area contributed by atoms with Crippen LogP contribution < -0.4 is 20.7 Å². The summed E-state index contributed by atoms with van der Waals surface area (Å²) in [6.45, 7) is 10.4. The van der Waals surface area contributed by atoms with E-state index in [4.69, 9.17) is 17.0 Å². The minimum absolute atomic E-state index is 0.0879. The zero-order valence-corrected chi connectivity index (χ0v) is 23.1. The van der Waals surface area contributed by atoms with Crippen LogP contribution in [0.15, 0.2) is 53.6 Å². The Labute approximate surface area is 220 Å². The standard InChI is InChI=1S/C25H31N5O2S3/c1-15(2)27-23(33)28-17-9-7-16(8-10-17)22-26-14-21(34-22)19-12-11-18(29-24(31)32-6)13-20(19)35-30-25(3,4)5/h7-15,30H,1-6H3,(H,29,31)(H2,27,28,33). The molecule has 3 aromatic rings. The summed E-state index contributed by atoms with van der Waals surface area (Å²) in [4.78, 5) is 18.4. The first-order chi connectivity index (χ1) is 16.5. The third-order valence-corrected chi connectivity index (χ3v) is 7.03. The Morgan fingerprint density at radius 3 is 2.40 bits per heavy atom. The minimum atomic E-state index is -0.503. The molecule has 0 spiro atoms. The summed E-state index contributed by atoms with van der Waals surface area (Å²) < 4.78 is 8.18. The van der Waals surface area contributed by atoms with E-state index in [1.807, 2.05) is 62.5 Å². The number of carbonyl (C=O) groups excluding carboxylic acids is 1. The fraction of sp³-hybridized carbons (Fsp3) is 0.320. The molecule has 0 aliphatic heterocycles. The molecular weight excluding hydrogens is 499 g/mol. The molecule has 4 N–H and O–H groups in total. The van der Waals surface area contributed by atoms with Gasteiger partial charge in [0.1, 0.15) is 5.01 Å². The van der Waals surface area contributed by atoms with E-state index in [-0.39, 0.29) is 11.6 Å². The van der Waals surface area contributed by atoms with Crippen molar-refractivity contribution >= 4 is 58.1 Å². The van der Waals surface area contributed by atoms with Crippen molar-refractivity contribution in [3.8, 4) is 21.0 Å². The number of carbonyl (C=O) groups is 1. The Hall–Kier alpha value is -2.66. The van der Waals surface area contributed by atoms with Gasteiger partial charge in [-0.1, -0.05) is 6.07 Å². The van der Waals surface area contributed by atoms with Crippen molar-refractivity contribution in [3.63, 3.8) is 0 Å². The third-order valence-electron chi connectivity index (χ3n) is 4.46. The van der Waals surface area contributed by atoms with Crippen LogP contribution in [0.1, 0.15) is 34.6 Å². The number of nitrogens with one attached hydrogen (secondary N) is 4. The zero-order valence-electron chi connectivity index (χ0n) is 20.7. The van der Waals surface area contributed by atoms with Crippen molar-refractivity contribution in [3.05, 3.63) is 48.7 Å². The molecule has 0 unspecified atom stereocenters. The SMILES string of the molecule is COC(=O)Nc1ccc(-c2cnc(-c3ccc(NC(=S)NC(C)C)cc3)s2)c(SNC(C)(C)C)c1. The van der Waals surface area contributed by atoms with Gasteiger partial charge in [0.2, 0.25) is 0 Å². The number of ether oxygens (including phenoxy) is 1. The highest BCUT2D eigenvalue weighted by Crippen LogP contribution is 2.38. The summed E-state index contributed by atoms with van der Waals surface area (Å²) in [5.74, 6) is 0. The molecule has 0 saturated heterocycles. The second-order valence-corrected chi connectivity index (χ2v) is 11.4. The molecule has 186 valence electrons. The molecule has 0 aliphatic carbocycles. The van der Waals surface area contributed by atoms with Gasteiger partial charge in [-0.3, -0.25) is 10.0 Å². The first-order valence-corrected chi connectivity index (χ1v) is 13.2. The number of hydrogen-bond acceptors (Lipinski definition) is 7. The van der Waals surface area contributed by atoms with Gasteiger partial charge in [-0.2, -0.15) is 0 Å². The molecule has 0 atom stereocenters. The van der Waals surface area contributed by atoms with Crippen molar-refractivity contribution in [2.75, 3.05) is 17.7 Å².